The second-order valence-electron chi connectivity index (χ2n) is 2.73. The molecule has 0 aromatic heterocycles. The molecule has 0 fully saturated rings. The third kappa shape index (κ3) is 3.47. The van der Waals surface area contributed by atoms with Gasteiger partial charge in [-0.25, -0.2) is 0 Å². The van der Waals surface area contributed by atoms with Crippen molar-refractivity contribution in [3.63, 3.8) is 0 Å². The lowest BCUT2D eigenvalue weighted by Crippen LogP contribution is -1.98. The van der Waals surface area contributed by atoms with Crippen LogP contribution >= 0.6 is 11.6 Å². The van der Waals surface area contributed by atoms with E-state index in [9.17, 15) is 4.79 Å². The summed E-state index contributed by atoms with van der Waals surface area (Å²) in [5.41, 5.74) is 2.04. The van der Waals surface area contributed by atoms with E-state index in [2.05, 4.69) is 0 Å². The van der Waals surface area contributed by atoms with Gasteiger partial charge >= 0.3 is 5.97 Å². The van der Waals surface area contributed by atoms with Crippen molar-refractivity contribution >= 4 is 17.6 Å². The normalized spacial score (nSPS) is 9.69. The maximum Gasteiger partial charge on any atom is 0.302 e. The summed E-state index contributed by atoms with van der Waals surface area (Å²) in [5, 5.41) is 0. The first kappa shape index (κ1) is 10.1. The zero-order valence-electron chi connectivity index (χ0n) is 7.42. The average Bonchev–Trinajstić information content (AvgIpc) is 2.15. The molecule has 0 aliphatic heterocycles. The SMILES string of the molecule is CC(=O)OCc1ccc(CCl)cc1. The lowest BCUT2D eigenvalue weighted by Gasteiger charge is -2.02. The molecule has 1 aromatic carbocycles. The van der Waals surface area contributed by atoms with Gasteiger partial charge in [-0.15, -0.1) is 11.6 Å². The van der Waals surface area contributed by atoms with Crippen LogP contribution in [0.5, 0.6) is 0 Å². The van der Waals surface area contributed by atoms with Crippen molar-refractivity contribution in [2.75, 3.05) is 0 Å². The quantitative estimate of drug-likeness (QED) is 0.551. The molecule has 0 bridgehead atoms. The van der Waals surface area contributed by atoms with E-state index in [-0.39, 0.29) is 5.97 Å². The smallest absolute Gasteiger partial charge is 0.302 e. The minimum atomic E-state index is -0.263. The van der Waals surface area contributed by atoms with E-state index in [1.807, 2.05) is 24.3 Å². The molecule has 1 aromatic rings. The third-order valence-corrected chi connectivity index (χ3v) is 1.93. The Morgan fingerprint density at radius 2 is 1.85 bits per heavy atom. The first-order valence-corrected chi connectivity index (χ1v) is 4.53. The Morgan fingerprint density at radius 3 is 2.31 bits per heavy atom. The lowest BCUT2D eigenvalue weighted by molar-refractivity contribution is -0.142. The van der Waals surface area contributed by atoms with E-state index in [1.54, 1.807) is 0 Å². The van der Waals surface area contributed by atoms with Crippen LogP contribution in [-0.2, 0) is 22.0 Å². The number of esters is 1. The molecule has 0 unspecified atom stereocenters. The molecule has 0 amide bonds. The molecule has 13 heavy (non-hydrogen) atoms. The molecular weight excluding hydrogens is 188 g/mol. The van der Waals surface area contributed by atoms with E-state index in [1.165, 1.54) is 6.92 Å². The molecule has 0 aliphatic carbocycles. The Hall–Kier alpha value is -1.02. The topological polar surface area (TPSA) is 26.3 Å². The largest absolute Gasteiger partial charge is 0.461 e. The van der Waals surface area contributed by atoms with Gasteiger partial charge in [-0.3, -0.25) is 4.79 Å². The predicted octanol–water partition coefficient (Wildman–Crippen LogP) is 2.49. The average molecular weight is 199 g/mol. The van der Waals surface area contributed by atoms with Crippen LogP contribution in [-0.4, -0.2) is 5.97 Å². The van der Waals surface area contributed by atoms with Gasteiger partial charge in [0.15, 0.2) is 0 Å². The Balaban J connectivity index is 2.54. The number of carbonyl (C=O) groups is 1. The molecule has 0 heterocycles. The van der Waals surface area contributed by atoms with Gasteiger partial charge < -0.3 is 4.74 Å². The molecule has 0 aliphatic rings. The van der Waals surface area contributed by atoms with Crippen LogP contribution in [0.4, 0.5) is 0 Å². The van der Waals surface area contributed by atoms with E-state index in [0.29, 0.717) is 12.5 Å². The molecule has 2 nitrogen and oxygen atoms in total. The van der Waals surface area contributed by atoms with Gasteiger partial charge in [0.1, 0.15) is 6.61 Å². The molecule has 0 spiro atoms. The van der Waals surface area contributed by atoms with E-state index >= 15 is 0 Å². The first-order valence-electron chi connectivity index (χ1n) is 3.99. The summed E-state index contributed by atoms with van der Waals surface area (Å²) in [7, 11) is 0. The fourth-order valence-electron chi connectivity index (χ4n) is 0.910. The highest BCUT2D eigenvalue weighted by Crippen LogP contribution is 2.07. The number of ether oxygens (including phenoxy) is 1. The number of hydrogen-bond acceptors (Lipinski definition) is 2. The zero-order valence-corrected chi connectivity index (χ0v) is 8.17. The van der Waals surface area contributed by atoms with Crippen LogP contribution < -0.4 is 0 Å². The minimum absolute atomic E-state index is 0.263. The lowest BCUT2D eigenvalue weighted by atomic mass is 10.2. The summed E-state index contributed by atoms with van der Waals surface area (Å²) >= 11 is 5.62. The zero-order chi connectivity index (χ0) is 9.68. The van der Waals surface area contributed by atoms with Gasteiger partial charge in [-0.2, -0.15) is 0 Å². The second kappa shape index (κ2) is 4.87. The number of alkyl halides is 1. The number of halogens is 1. The van der Waals surface area contributed by atoms with Crippen LogP contribution in [0, 0.1) is 0 Å². The van der Waals surface area contributed by atoms with Gasteiger partial charge in [0.25, 0.3) is 0 Å². The molecule has 0 saturated heterocycles. The van der Waals surface area contributed by atoms with Gasteiger partial charge in [0.2, 0.25) is 0 Å². The van der Waals surface area contributed by atoms with E-state index in [4.69, 9.17) is 16.3 Å². The Morgan fingerprint density at radius 1 is 1.31 bits per heavy atom. The van der Waals surface area contributed by atoms with Gasteiger partial charge in [0, 0.05) is 12.8 Å². The second-order valence-corrected chi connectivity index (χ2v) is 3.00. The van der Waals surface area contributed by atoms with Crippen molar-refractivity contribution < 1.29 is 9.53 Å². The van der Waals surface area contributed by atoms with Crippen molar-refractivity contribution in [3.05, 3.63) is 35.4 Å². The van der Waals surface area contributed by atoms with Crippen LogP contribution in [0.15, 0.2) is 24.3 Å². The number of carbonyl (C=O) groups excluding carboxylic acids is 1. The van der Waals surface area contributed by atoms with Crippen molar-refractivity contribution in [2.24, 2.45) is 0 Å². The number of rotatable bonds is 3. The van der Waals surface area contributed by atoms with Crippen LogP contribution in [0.1, 0.15) is 18.1 Å². The maximum atomic E-state index is 10.5. The molecule has 0 N–H and O–H groups in total. The van der Waals surface area contributed by atoms with Crippen LogP contribution in [0.25, 0.3) is 0 Å². The highest BCUT2D eigenvalue weighted by molar-refractivity contribution is 6.17. The van der Waals surface area contributed by atoms with Gasteiger partial charge in [0.05, 0.1) is 0 Å². The number of benzene rings is 1. The van der Waals surface area contributed by atoms with Crippen molar-refractivity contribution in [3.8, 4) is 0 Å². The molecule has 1 rings (SSSR count). The standard InChI is InChI=1S/C10H11ClO2/c1-8(12)13-7-10-4-2-9(6-11)3-5-10/h2-5H,6-7H2,1H3. The Labute approximate surface area is 82.5 Å². The summed E-state index contributed by atoms with van der Waals surface area (Å²) in [6.07, 6.45) is 0. The highest BCUT2D eigenvalue weighted by Gasteiger charge is 1.96. The maximum absolute atomic E-state index is 10.5. The summed E-state index contributed by atoms with van der Waals surface area (Å²) in [4.78, 5) is 10.5. The van der Waals surface area contributed by atoms with Crippen LogP contribution in [0.2, 0.25) is 0 Å². The summed E-state index contributed by atoms with van der Waals surface area (Å²) in [6.45, 7) is 1.73. The molecule has 0 saturated carbocycles. The minimum Gasteiger partial charge on any atom is -0.461 e. The first-order chi connectivity index (χ1) is 6.22. The van der Waals surface area contributed by atoms with Crippen molar-refractivity contribution in [1.29, 1.82) is 0 Å². The van der Waals surface area contributed by atoms with Gasteiger partial charge in [-0.05, 0) is 11.1 Å². The predicted molar refractivity (Wildman–Crippen MR) is 51.5 cm³/mol. The summed E-state index contributed by atoms with van der Waals surface area (Å²) in [5.74, 6) is 0.245. The molecule has 3 heteroatoms. The molecule has 0 radical (unpaired) electrons. The summed E-state index contributed by atoms with van der Waals surface area (Å²) < 4.78 is 4.83. The van der Waals surface area contributed by atoms with E-state index in [0.717, 1.165) is 11.1 Å². The molecule has 70 valence electrons. The fraction of sp³-hybridized carbons (Fsp3) is 0.300. The highest BCUT2D eigenvalue weighted by atomic mass is 35.5. The number of hydrogen-bond donors (Lipinski definition) is 0. The summed E-state index contributed by atoms with van der Waals surface area (Å²) in [6, 6.07) is 7.65. The molecular formula is C10H11ClO2. The fourth-order valence-corrected chi connectivity index (χ4v) is 1.09. The van der Waals surface area contributed by atoms with Crippen molar-refractivity contribution in [2.45, 2.75) is 19.4 Å². The Bertz CT molecular complexity index is 279. The van der Waals surface area contributed by atoms with Gasteiger partial charge in [-0.1, -0.05) is 24.3 Å². The Kier molecular flexibility index (Phi) is 3.77. The van der Waals surface area contributed by atoms with E-state index < -0.39 is 0 Å². The van der Waals surface area contributed by atoms with Crippen LogP contribution in [0.3, 0.4) is 0 Å². The van der Waals surface area contributed by atoms with Crippen molar-refractivity contribution in [1.82, 2.24) is 0 Å². The third-order valence-electron chi connectivity index (χ3n) is 1.62. The molecule has 0 atom stereocenters. The monoisotopic (exact) mass is 198 g/mol.